The summed E-state index contributed by atoms with van der Waals surface area (Å²) in [5.74, 6) is 0. The summed E-state index contributed by atoms with van der Waals surface area (Å²) < 4.78 is 8.55. The molecular formula is FeLiNbO4P. The average Bonchev–Trinajstić information content (AvgIpc) is 0.722. The van der Waals surface area contributed by atoms with Gasteiger partial charge in [0, 0.05) is 17.1 Å². The van der Waals surface area contributed by atoms with Crippen LogP contribution in [0, 0.1) is 0 Å². The molecule has 0 fully saturated rings. The Morgan fingerprint density at radius 1 is 1.12 bits per heavy atom. The molecule has 0 bridgehead atoms. The second-order valence-electron chi connectivity index (χ2n) is 0.447. The predicted molar refractivity (Wildman–Crippen MR) is 7.61 cm³/mol. The van der Waals surface area contributed by atoms with Crippen molar-refractivity contribution in [2.24, 2.45) is 0 Å². The molecule has 4 nitrogen and oxygen atoms in total. The molecule has 0 aromatic heterocycles. The van der Waals surface area contributed by atoms with Crippen molar-refractivity contribution in [2.75, 3.05) is 0 Å². The first-order valence-corrected chi connectivity index (χ1v) is 2.19. The van der Waals surface area contributed by atoms with Gasteiger partial charge in [-0.05, 0) is 0 Å². The zero-order chi connectivity index (χ0) is 4.50. The fourth-order valence-corrected chi connectivity index (χ4v) is 0. The molecule has 0 amide bonds. The van der Waals surface area contributed by atoms with Crippen LogP contribution in [0.2, 0.25) is 0 Å². The number of phosphoric acid groups is 1. The van der Waals surface area contributed by atoms with Gasteiger partial charge in [-0.1, -0.05) is 0 Å². The zero-order valence-electron chi connectivity index (χ0n) is 3.88. The molecule has 0 aliphatic carbocycles. The number of rotatable bonds is 0. The first-order chi connectivity index (χ1) is 2.00. The van der Waals surface area contributed by atoms with Gasteiger partial charge in [0.15, 0.2) is 0 Å². The molecule has 1 radical (unpaired) electrons. The molecule has 0 spiro atoms. The Bertz CT molecular complexity index is 62.2. The summed E-state index contributed by atoms with van der Waals surface area (Å²) in [4.78, 5) is 25.6. The maximum Gasteiger partial charge on any atom is 2.00 e. The van der Waals surface area contributed by atoms with Crippen LogP contribution in [-0.4, -0.2) is 0 Å². The minimum Gasteiger partial charge on any atom is -0.822 e. The Morgan fingerprint density at radius 2 is 1.12 bits per heavy atom. The smallest absolute Gasteiger partial charge is 0.822 e. The molecule has 8 heteroatoms. The Hall–Kier alpha value is 1.97. The largest absolute Gasteiger partial charge is 2.00 e. The van der Waals surface area contributed by atoms with E-state index >= 15 is 0 Å². The normalized spacial score (nSPS) is 7.38. The van der Waals surface area contributed by atoms with E-state index in [4.69, 9.17) is 19.2 Å². The first-order valence-electron chi connectivity index (χ1n) is 0.730. The van der Waals surface area contributed by atoms with Crippen LogP contribution in [0.4, 0.5) is 0 Å². The summed E-state index contributed by atoms with van der Waals surface area (Å²) >= 11 is 0. The van der Waals surface area contributed by atoms with E-state index in [0.717, 1.165) is 0 Å². The van der Waals surface area contributed by atoms with Gasteiger partial charge in [0.2, 0.25) is 0 Å². The summed E-state index contributed by atoms with van der Waals surface area (Å²) in [6.07, 6.45) is 0. The SMILES string of the molecule is O=P([O-])([O-])[O-].[Fe].[Li+].[Nb+2]. The van der Waals surface area contributed by atoms with Crippen LogP contribution < -0.4 is 33.5 Å². The maximum absolute atomic E-state index is 8.55. The summed E-state index contributed by atoms with van der Waals surface area (Å²) in [5.41, 5.74) is 0. The van der Waals surface area contributed by atoms with E-state index in [1.165, 1.54) is 0 Å². The van der Waals surface area contributed by atoms with Crippen molar-refractivity contribution in [3.8, 4) is 0 Å². The van der Waals surface area contributed by atoms with Crippen molar-refractivity contribution in [1.29, 1.82) is 0 Å². The fraction of sp³-hybridized carbons (Fsp3) is 0. The zero-order valence-corrected chi connectivity index (χ0v) is 8.08. The second kappa shape index (κ2) is 8.97. The molecule has 0 aliphatic rings. The van der Waals surface area contributed by atoms with Gasteiger partial charge in [-0.3, -0.25) is 0 Å². The Labute approximate surface area is 84.8 Å². The quantitative estimate of drug-likeness (QED) is 0.317. The van der Waals surface area contributed by atoms with Crippen molar-refractivity contribution in [3.05, 3.63) is 0 Å². The van der Waals surface area contributed by atoms with Gasteiger partial charge in [-0.2, -0.15) is 7.82 Å². The van der Waals surface area contributed by atoms with Crippen molar-refractivity contribution in [2.45, 2.75) is 0 Å². The third-order valence-corrected chi connectivity index (χ3v) is 0. The van der Waals surface area contributed by atoms with E-state index in [0.29, 0.717) is 0 Å². The Morgan fingerprint density at radius 3 is 1.12 bits per heavy atom. The van der Waals surface area contributed by atoms with E-state index in [9.17, 15) is 0 Å². The van der Waals surface area contributed by atoms with Crippen molar-refractivity contribution in [1.82, 2.24) is 0 Å². The number of hydrogen-bond acceptors (Lipinski definition) is 4. The van der Waals surface area contributed by atoms with Gasteiger partial charge in [-0.25, -0.2) is 0 Å². The van der Waals surface area contributed by atoms with Crippen LogP contribution >= 0.6 is 7.82 Å². The van der Waals surface area contributed by atoms with Crippen molar-refractivity contribution < 1.29 is 77.6 Å². The van der Waals surface area contributed by atoms with E-state index in [1.54, 1.807) is 0 Å². The summed E-state index contributed by atoms with van der Waals surface area (Å²) in [6.45, 7) is 0. The van der Waals surface area contributed by atoms with Gasteiger partial charge in [0.25, 0.3) is 0 Å². The van der Waals surface area contributed by atoms with Crippen LogP contribution in [0.15, 0.2) is 0 Å². The molecule has 0 aliphatic heterocycles. The maximum atomic E-state index is 8.55. The Balaban J connectivity index is -0.0000000267. The van der Waals surface area contributed by atoms with Crippen molar-refractivity contribution >= 4 is 7.82 Å². The summed E-state index contributed by atoms with van der Waals surface area (Å²) in [7, 11) is -5.39. The van der Waals surface area contributed by atoms with Gasteiger partial charge in [-0.15, -0.1) is 0 Å². The van der Waals surface area contributed by atoms with Crippen LogP contribution in [0.3, 0.4) is 0 Å². The van der Waals surface area contributed by atoms with Crippen LogP contribution in [0.5, 0.6) is 0 Å². The van der Waals surface area contributed by atoms with Gasteiger partial charge < -0.3 is 19.2 Å². The minimum atomic E-state index is -5.39. The van der Waals surface area contributed by atoms with Crippen LogP contribution in [0.25, 0.3) is 0 Å². The topological polar surface area (TPSA) is 86.2 Å². The predicted octanol–water partition coefficient (Wildman–Crippen LogP) is -5.83. The third-order valence-electron chi connectivity index (χ3n) is 0. The molecule has 0 rings (SSSR count). The van der Waals surface area contributed by atoms with Gasteiger partial charge in [0.1, 0.15) is 0 Å². The van der Waals surface area contributed by atoms with Crippen LogP contribution in [-0.2, 0) is 44.0 Å². The van der Waals surface area contributed by atoms with E-state index in [1.807, 2.05) is 0 Å². The minimum absolute atomic E-state index is 0. The molecule has 0 saturated carbocycles. The van der Waals surface area contributed by atoms with Gasteiger partial charge >= 0.3 is 41.2 Å². The second-order valence-corrected chi connectivity index (χ2v) is 1.34. The van der Waals surface area contributed by atoms with E-state index in [2.05, 4.69) is 0 Å². The fourth-order valence-electron chi connectivity index (χ4n) is 0. The molecule has 43 valence electrons. The molecule has 0 atom stereocenters. The summed E-state index contributed by atoms with van der Waals surface area (Å²) in [5, 5.41) is 0. The third kappa shape index (κ3) is 99.9. The first kappa shape index (κ1) is 22.5. The molecule has 0 heterocycles. The molecule has 8 heavy (non-hydrogen) atoms. The average molecular weight is 251 g/mol. The monoisotopic (exact) mass is 251 g/mol. The van der Waals surface area contributed by atoms with Crippen LogP contribution in [0.1, 0.15) is 0 Å². The standard InChI is InChI=1S/Fe.Li.Nb.H3O4P/c;;;1-5(2,3)4/h;;;(H3,1,2,3,4)/q;+1;+2;/p-3. The molecule has 0 aromatic rings. The molecule has 0 saturated heterocycles. The molecular weight excluding hydrogens is 251 g/mol. The van der Waals surface area contributed by atoms with Gasteiger partial charge in [0.05, 0.1) is 0 Å². The molecule has 0 unspecified atom stereocenters. The van der Waals surface area contributed by atoms with Crippen molar-refractivity contribution in [3.63, 3.8) is 0 Å². The molecule has 0 aromatic carbocycles. The van der Waals surface area contributed by atoms with E-state index < -0.39 is 7.82 Å². The Kier molecular flexibility index (Phi) is 25.2. The number of hydrogen-bond donors (Lipinski definition) is 0. The summed E-state index contributed by atoms with van der Waals surface area (Å²) in [6, 6.07) is 0. The van der Waals surface area contributed by atoms with E-state index in [-0.39, 0.29) is 58.3 Å². The molecule has 0 N–H and O–H groups in total.